The van der Waals surface area contributed by atoms with Crippen molar-refractivity contribution in [2.75, 3.05) is 20.3 Å². The van der Waals surface area contributed by atoms with Crippen molar-refractivity contribution in [3.05, 3.63) is 127 Å². The van der Waals surface area contributed by atoms with Crippen molar-refractivity contribution < 1.29 is 19.0 Å². The largest absolute Gasteiger partial charge is 0.497 e. The van der Waals surface area contributed by atoms with Crippen LogP contribution in [0.5, 0.6) is 11.5 Å². The molecular formula is C38H38N4O5S. The zero-order valence-electron chi connectivity index (χ0n) is 27.7. The third kappa shape index (κ3) is 6.75. The Hall–Kier alpha value is -5.22. The zero-order valence-corrected chi connectivity index (χ0v) is 28.5. The van der Waals surface area contributed by atoms with Crippen molar-refractivity contribution in [3.8, 4) is 28.4 Å². The van der Waals surface area contributed by atoms with Gasteiger partial charge in [-0.15, -0.1) is 0 Å². The van der Waals surface area contributed by atoms with Gasteiger partial charge in [0.25, 0.3) is 5.56 Å². The molecule has 1 atom stereocenters. The molecule has 0 bridgehead atoms. The first kappa shape index (κ1) is 32.7. The molecule has 1 aliphatic heterocycles. The van der Waals surface area contributed by atoms with Crippen LogP contribution in [0.1, 0.15) is 51.3 Å². The third-order valence-electron chi connectivity index (χ3n) is 8.09. The van der Waals surface area contributed by atoms with Gasteiger partial charge in [-0.25, -0.2) is 14.5 Å². The summed E-state index contributed by atoms with van der Waals surface area (Å²) in [6, 6.07) is 24.3. The molecule has 48 heavy (non-hydrogen) atoms. The Bertz CT molecular complexity index is 2130. The van der Waals surface area contributed by atoms with E-state index in [4.69, 9.17) is 24.3 Å². The van der Waals surface area contributed by atoms with Gasteiger partial charge in [0.2, 0.25) is 0 Å². The van der Waals surface area contributed by atoms with Crippen molar-refractivity contribution in [2.24, 2.45) is 10.9 Å². The van der Waals surface area contributed by atoms with Crippen LogP contribution in [0.15, 0.2) is 106 Å². The molecule has 1 aliphatic rings. The average Bonchev–Trinajstić information content (AvgIpc) is 3.65. The molecule has 0 radical (unpaired) electrons. The molecule has 10 heteroatoms. The van der Waals surface area contributed by atoms with Gasteiger partial charge >= 0.3 is 5.97 Å². The summed E-state index contributed by atoms with van der Waals surface area (Å²) in [6.07, 6.45) is 4.75. The van der Waals surface area contributed by atoms with Crippen molar-refractivity contribution in [1.29, 1.82) is 0 Å². The second-order valence-electron chi connectivity index (χ2n) is 11.8. The van der Waals surface area contributed by atoms with Gasteiger partial charge in [-0.05, 0) is 86.4 Å². The van der Waals surface area contributed by atoms with E-state index < -0.39 is 12.0 Å². The summed E-state index contributed by atoms with van der Waals surface area (Å²) >= 11 is 1.28. The first-order valence-corrected chi connectivity index (χ1v) is 16.8. The van der Waals surface area contributed by atoms with Gasteiger partial charge in [0.05, 0.1) is 47.9 Å². The lowest BCUT2D eigenvalue weighted by Gasteiger charge is -2.24. The predicted octanol–water partition coefficient (Wildman–Crippen LogP) is 6.08. The smallest absolute Gasteiger partial charge is 0.338 e. The standard InChI is InChI=1S/C38H38N4O5S/c1-6-46-37(44)33-25(4)39-38-42(35(33)27-14-16-30(45-5)17-15-27)36(43)32(48-38)22-28-23-41(29-10-8-7-9-11-29)40-34(28)26-12-18-31(19-13-26)47-21-20-24(2)3/h7-19,22-24,35H,6,20-21H2,1-5H3/b32-22+/t35-/m0/s1. The molecular weight excluding hydrogens is 625 g/mol. The minimum absolute atomic E-state index is 0.203. The maximum absolute atomic E-state index is 14.3. The van der Waals surface area contributed by atoms with Crippen LogP contribution >= 0.6 is 11.3 Å². The number of carbonyl (C=O) groups excluding carboxylic acids is 1. The van der Waals surface area contributed by atoms with Gasteiger partial charge in [-0.3, -0.25) is 9.36 Å². The number of methoxy groups -OCH3 is 1. The van der Waals surface area contributed by atoms with E-state index in [1.165, 1.54) is 11.3 Å². The van der Waals surface area contributed by atoms with Crippen LogP contribution in [0.4, 0.5) is 0 Å². The summed E-state index contributed by atoms with van der Waals surface area (Å²) in [7, 11) is 1.59. The normalized spacial score (nSPS) is 14.5. The summed E-state index contributed by atoms with van der Waals surface area (Å²) in [4.78, 5) is 32.8. The molecule has 9 nitrogen and oxygen atoms in total. The molecule has 0 fully saturated rings. The number of para-hydroxylation sites is 1. The van der Waals surface area contributed by atoms with E-state index in [0.717, 1.165) is 34.5 Å². The average molecular weight is 663 g/mol. The first-order valence-electron chi connectivity index (χ1n) is 16.0. The second kappa shape index (κ2) is 14.3. The first-order chi connectivity index (χ1) is 23.3. The molecule has 6 rings (SSSR count). The maximum Gasteiger partial charge on any atom is 0.338 e. The van der Waals surface area contributed by atoms with Gasteiger partial charge in [-0.2, -0.15) is 5.10 Å². The highest BCUT2D eigenvalue weighted by Gasteiger charge is 2.33. The van der Waals surface area contributed by atoms with Crippen molar-refractivity contribution in [2.45, 2.75) is 40.2 Å². The molecule has 0 spiro atoms. The monoisotopic (exact) mass is 662 g/mol. The van der Waals surface area contributed by atoms with Gasteiger partial charge in [-0.1, -0.05) is 55.5 Å². The van der Waals surface area contributed by atoms with E-state index in [1.54, 1.807) is 25.5 Å². The molecule has 0 saturated heterocycles. The quantitative estimate of drug-likeness (QED) is 0.159. The molecule has 0 amide bonds. The van der Waals surface area contributed by atoms with E-state index in [1.807, 2.05) is 95.8 Å². The molecule has 246 valence electrons. The van der Waals surface area contributed by atoms with E-state index in [9.17, 15) is 9.59 Å². The van der Waals surface area contributed by atoms with Crippen LogP contribution in [-0.2, 0) is 9.53 Å². The number of rotatable bonds is 11. The number of fused-ring (bicyclic) bond motifs is 1. The Morgan fingerprint density at radius 2 is 1.71 bits per heavy atom. The van der Waals surface area contributed by atoms with Gasteiger partial charge < -0.3 is 14.2 Å². The summed E-state index contributed by atoms with van der Waals surface area (Å²) in [5, 5.41) is 4.96. The highest BCUT2D eigenvalue weighted by Crippen LogP contribution is 2.32. The van der Waals surface area contributed by atoms with Crippen LogP contribution < -0.4 is 24.4 Å². The zero-order chi connectivity index (χ0) is 33.8. The molecule has 3 aromatic carbocycles. The van der Waals surface area contributed by atoms with E-state index >= 15 is 0 Å². The lowest BCUT2D eigenvalue weighted by Crippen LogP contribution is -2.39. The Labute approximate surface area is 283 Å². The van der Waals surface area contributed by atoms with Crippen LogP contribution in [-0.4, -0.2) is 40.6 Å². The van der Waals surface area contributed by atoms with E-state index in [-0.39, 0.29) is 12.2 Å². The number of allylic oxidation sites excluding steroid dienone is 1. The van der Waals surface area contributed by atoms with Crippen molar-refractivity contribution >= 4 is 23.4 Å². The number of aromatic nitrogens is 3. The maximum atomic E-state index is 14.3. The fourth-order valence-electron chi connectivity index (χ4n) is 5.59. The number of hydrogen-bond donors (Lipinski definition) is 0. The molecule has 3 heterocycles. The molecule has 5 aromatic rings. The SMILES string of the molecule is CCOC(=O)C1=C(C)N=c2s/c(=C/c3cn(-c4ccccc4)nc3-c3ccc(OCCC(C)C)cc3)c(=O)n2[C@H]1c1ccc(OC)cc1. The second-order valence-corrected chi connectivity index (χ2v) is 12.9. The minimum Gasteiger partial charge on any atom is -0.497 e. The Morgan fingerprint density at radius 3 is 2.38 bits per heavy atom. The summed E-state index contributed by atoms with van der Waals surface area (Å²) in [6.45, 7) is 8.74. The predicted molar refractivity (Wildman–Crippen MR) is 187 cm³/mol. The van der Waals surface area contributed by atoms with Gasteiger partial charge in [0.15, 0.2) is 4.80 Å². The lowest BCUT2D eigenvalue weighted by molar-refractivity contribution is -0.139. The lowest BCUT2D eigenvalue weighted by atomic mass is 9.96. The number of carbonyl (C=O) groups is 1. The molecule has 0 saturated carbocycles. The molecule has 0 N–H and O–H groups in total. The number of thiazole rings is 1. The Balaban J connectivity index is 1.47. The van der Waals surface area contributed by atoms with Gasteiger partial charge in [0, 0.05) is 17.3 Å². The summed E-state index contributed by atoms with van der Waals surface area (Å²) in [5.74, 6) is 1.52. The molecule has 0 unspecified atom stereocenters. The topological polar surface area (TPSA) is 96.9 Å². The van der Waals surface area contributed by atoms with E-state index in [0.29, 0.717) is 44.6 Å². The van der Waals surface area contributed by atoms with E-state index in [2.05, 4.69) is 13.8 Å². The highest BCUT2D eigenvalue weighted by atomic mass is 32.1. The van der Waals surface area contributed by atoms with Crippen LogP contribution in [0.3, 0.4) is 0 Å². The minimum atomic E-state index is -0.719. The van der Waals surface area contributed by atoms with Crippen LogP contribution in [0.2, 0.25) is 0 Å². The van der Waals surface area contributed by atoms with Crippen LogP contribution in [0, 0.1) is 5.92 Å². The molecule has 0 aliphatic carbocycles. The van der Waals surface area contributed by atoms with Crippen molar-refractivity contribution in [1.82, 2.24) is 14.3 Å². The van der Waals surface area contributed by atoms with Crippen LogP contribution in [0.25, 0.3) is 23.0 Å². The number of esters is 1. The number of nitrogens with zero attached hydrogens (tertiary/aromatic N) is 4. The summed E-state index contributed by atoms with van der Waals surface area (Å²) < 4.78 is 20.6. The Morgan fingerprint density at radius 1 is 1.00 bits per heavy atom. The fraction of sp³-hybridized carbons (Fsp3) is 0.263. The highest BCUT2D eigenvalue weighted by molar-refractivity contribution is 7.07. The third-order valence-corrected chi connectivity index (χ3v) is 9.07. The number of ether oxygens (including phenoxy) is 3. The number of hydrogen-bond acceptors (Lipinski definition) is 8. The number of benzene rings is 3. The fourth-order valence-corrected chi connectivity index (χ4v) is 6.62. The van der Waals surface area contributed by atoms with Crippen molar-refractivity contribution in [3.63, 3.8) is 0 Å². The summed E-state index contributed by atoms with van der Waals surface area (Å²) in [5.41, 5.74) is 4.58. The van der Waals surface area contributed by atoms with Gasteiger partial charge in [0.1, 0.15) is 17.2 Å². The Kier molecular flexibility index (Phi) is 9.72. The molecule has 2 aromatic heterocycles.